The third-order valence-corrected chi connectivity index (χ3v) is 3.65. The second kappa shape index (κ2) is 5.59. The van der Waals surface area contributed by atoms with E-state index in [2.05, 4.69) is 4.99 Å². The van der Waals surface area contributed by atoms with E-state index in [1.807, 2.05) is 13.0 Å². The maximum Gasteiger partial charge on any atom is 0.446 e. The fourth-order valence-electron chi connectivity index (χ4n) is 1.79. The summed E-state index contributed by atoms with van der Waals surface area (Å²) in [4.78, 5) is 4.47. The van der Waals surface area contributed by atoms with Crippen LogP contribution < -0.4 is 0 Å². The van der Waals surface area contributed by atoms with Crippen molar-refractivity contribution >= 4 is 34.8 Å². The lowest BCUT2D eigenvalue weighted by atomic mass is 10.1. The molecule has 1 aromatic rings. The largest absolute Gasteiger partial charge is 0.446 e. The number of rotatable bonds is 2. The monoisotopic (exact) mass is 305 g/mol. The van der Waals surface area contributed by atoms with Crippen LogP contribution in [0.2, 0.25) is 5.02 Å². The van der Waals surface area contributed by atoms with Crippen molar-refractivity contribution in [2.75, 3.05) is 0 Å². The summed E-state index contributed by atoms with van der Waals surface area (Å²) in [6.45, 7) is 1.90. The van der Waals surface area contributed by atoms with Gasteiger partial charge in [0, 0.05) is 16.2 Å². The molecule has 2 rings (SSSR count). The van der Waals surface area contributed by atoms with Crippen LogP contribution in [-0.2, 0) is 0 Å². The number of benzene rings is 1. The zero-order valence-corrected chi connectivity index (χ0v) is 11.7. The summed E-state index contributed by atoms with van der Waals surface area (Å²) in [7, 11) is 0. The van der Waals surface area contributed by atoms with E-state index in [4.69, 9.17) is 11.6 Å². The predicted molar refractivity (Wildman–Crippen MR) is 73.7 cm³/mol. The highest BCUT2D eigenvalue weighted by Crippen LogP contribution is 2.39. The van der Waals surface area contributed by atoms with Crippen LogP contribution in [0.15, 0.2) is 34.2 Å². The zero-order valence-electron chi connectivity index (χ0n) is 10.1. The van der Waals surface area contributed by atoms with Crippen LogP contribution in [0, 0.1) is 0 Å². The molecule has 0 N–H and O–H groups in total. The predicted octanol–water partition coefficient (Wildman–Crippen LogP) is 5.55. The lowest BCUT2D eigenvalue weighted by Crippen LogP contribution is -2.00. The molecule has 1 nitrogen and oxygen atoms in total. The minimum absolute atomic E-state index is 0.117. The fraction of sp³-hybridized carbons (Fsp3) is 0.308. The van der Waals surface area contributed by atoms with E-state index in [-0.39, 0.29) is 16.7 Å². The third-order valence-electron chi connectivity index (χ3n) is 2.60. The van der Waals surface area contributed by atoms with E-state index in [1.54, 1.807) is 0 Å². The number of thioether (sulfide) groups is 1. The molecular weight excluding hydrogens is 295 g/mol. The number of nitrogens with zero attached hydrogens (tertiary/aromatic N) is 1. The van der Waals surface area contributed by atoms with Crippen molar-refractivity contribution in [1.29, 1.82) is 0 Å². The fourth-order valence-corrected chi connectivity index (χ4v) is 2.59. The summed E-state index contributed by atoms with van der Waals surface area (Å²) < 4.78 is 37.1. The molecule has 0 atom stereocenters. The lowest BCUT2D eigenvalue weighted by molar-refractivity contribution is -0.0328. The molecule has 0 amide bonds. The van der Waals surface area contributed by atoms with Gasteiger partial charge < -0.3 is 0 Å². The van der Waals surface area contributed by atoms with E-state index in [0.717, 1.165) is 18.6 Å². The Balaban J connectivity index is 2.35. The summed E-state index contributed by atoms with van der Waals surface area (Å²) in [5.41, 5.74) is -2.14. The first kappa shape index (κ1) is 14.5. The van der Waals surface area contributed by atoms with E-state index < -0.39 is 5.51 Å². The molecule has 0 aromatic heterocycles. The van der Waals surface area contributed by atoms with Crippen molar-refractivity contribution in [3.8, 4) is 0 Å². The summed E-state index contributed by atoms with van der Waals surface area (Å²) in [6.07, 6.45) is 3.60. The molecule has 0 saturated heterocycles. The van der Waals surface area contributed by atoms with Gasteiger partial charge >= 0.3 is 5.51 Å². The molecule has 102 valence electrons. The smallest absolute Gasteiger partial charge is 0.258 e. The average molecular weight is 306 g/mol. The van der Waals surface area contributed by atoms with Crippen LogP contribution in [0.25, 0.3) is 5.70 Å². The molecule has 6 heteroatoms. The van der Waals surface area contributed by atoms with Gasteiger partial charge in [-0.3, -0.25) is 4.99 Å². The van der Waals surface area contributed by atoms with Crippen LogP contribution in [0.1, 0.15) is 25.3 Å². The van der Waals surface area contributed by atoms with Crippen LogP contribution in [0.3, 0.4) is 0 Å². The molecule has 1 aliphatic rings. The Morgan fingerprint density at radius 2 is 2.05 bits per heavy atom. The van der Waals surface area contributed by atoms with Gasteiger partial charge in [-0.15, -0.1) is 0 Å². The zero-order chi connectivity index (χ0) is 14.0. The van der Waals surface area contributed by atoms with Crippen LogP contribution >= 0.6 is 23.4 Å². The number of hydrogen-bond acceptors (Lipinski definition) is 2. The molecule has 19 heavy (non-hydrogen) atoms. The van der Waals surface area contributed by atoms with Crippen molar-refractivity contribution in [3.05, 3.63) is 34.9 Å². The lowest BCUT2D eigenvalue weighted by Gasteiger charge is -2.13. The Morgan fingerprint density at radius 1 is 1.32 bits per heavy atom. The summed E-state index contributed by atoms with van der Waals surface area (Å²) >= 11 is 5.90. The van der Waals surface area contributed by atoms with E-state index in [9.17, 15) is 13.2 Å². The van der Waals surface area contributed by atoms with Crippen LogP contribution in [0.4, 0.5) is 13.2 Å². The average Bonchev–Trinajstić information content (AvgIpc) is 2.30. The summed E-state index contributed by atoms with van der Waals surface area (Å²) in [6, 6.07) is 4.28. The minimum atomic E-state index is -4.30. The topological polar surface area (TPSA) is 12.4 Å². The standard InChI is InChI=1S/C13H11ClF3NS/c1-8-3-2-4-12(18-8)10-7-9(5-6-11(10)14)19-13(15,16)17/h4-7H,2-3H2,1H3. The van der Waals surface area contributed by atoms with Crippen molar-refractivity contribution in [3.63, 3.8) is 0 Å². The van der Waals surface area contributed by atoms with Gasteiger partial charge in [-0.1, -0.05) is 17.7 Å². The second-order valence-corrected chi connectivity index (χ2v) is 5.71. The van der Waals surface area contributed by atoms with Crippen molar-refractivity contribution < 1.29 is 13.2 Å². The molecule has 0 radical (unpaired) electrons. The number of allylic oxidation sites excluding steroid dienone is 1. The van der Waals surface area contributed by atoms with Gasteiger partial charge in [0.05, 0.1) is 10.7 Å². The third kappa shape index (κ3) is 4.01. The molecule has 1 aliphatic heterocycles. The summed E-state index contributed by atoms with van der Waals surface area (Å²) in [5, 5.41) is 0.413. The first-order valence-corrected chi connectivity index (χ1v) is 6.84. The highest BCUT2D eigenvalue weighted by molar-refractivity contribution is 8.00. The van der Waals surface area contributed by atoms with Gasteiger partial charge in [0.25, 0.3) is 0 Å². The number of alkyl halides is 3. The Labute approximate surface area is 118 Å². The van der Waals surface area contributed by atoms with Gasteiger partial charge in [-0.25, -0.2) is 0 Å². The molecule has 0 spiro atoms. The van der Waals surface area contributed by atoms with E-state index in [1.165, 1.54) is 18.2 Å². The van der Waals surface area contributed by atoms with Gasteiger partial charge in [0.1, 0.15) is 0 Å². The van der Waals surface area contributed by atoms with Gasteiger partial charge in [-0.05, 0) is 49.7 Å². The molecular formula is C13H11ClF3NS. The molecule has 0 fully saturated rings. The highest BCUT2D eigenvalue weighted by atomic mass is 35.5. The van der Waals surface area contributed by atoms with Gasteiger partial charge in [0.2, 0.25) is 0 Å². The Morgan fingerprint density at radius 3 is 2.68 bits per heavy atom. The van der Waals surface area contributed by atoms with Gasteiger partial charge in [-0.2, -0.15) is 13.2 Å². The molecule has 1 aromatic carbocycles. The maximum atomic E-state index is 12.4. The van der Waals surface area contributed by atoms with Crippen molar-refractivity contribution in [2.24, 2.45) is 4.99 Å². The second-order valence-electron chi connectivity index (χ2n) is 4.16. The number of hydrogen-bond donors (Lipinski definition) is 0. The maximum absolute atomic E-state index is 12.4. The molecule has 1 heterocycles. The van der Waals surface area contributed by atoms with Crippen molar-refractivity contribution in [1.82, 2.24) is 0 Å². The first-order valence-electron chi connectivity index (χ1n) is 5.65. The molecule has 0 saturated carbocycles. The molecule has 0 bridgehead atoms. The normalized spacial score (nSPS) is 16.1. The Hall–Kier alpha value is -0.940. The number of halogens is 4. The number of aliphatic imine (C=N–C) groups is 1. The Kier molecular flexibility index (Phi) is 4.26. The summed E-state index contributed by atoms with van der Waals surface area (Å²) in [5.74, 6) is 0. The first-order chi connectivity index (χ1) is 8.85. The van der Waals surface area contributed by atoms with Gasteiger partial charge in [0.15, 0.2) is 0 Å². The van der Waals surface area contributed by atoms with Crippen LogP contribution in [0.5, 0.6) is 0 Å². The quantitative estimate of drug-likeness (QED) is 0.653. The minimum Gasteiger partial charge on any atom is -0.258 e. The van der Waals surface area contributed by atoms with E-state index in [0.29, 0.717) is 16.3 Å². The van der Waals surface area contributed by atoms with Crippen molar-refractivity contribution in [2.45, 2.75) is 30.2 Å². The SMILES string of the molecule is CC1=NC(c2cc(SC(F)(F)F)ccc2Cl)=CCC1. The van der Waals surface area contributed by atoms with E-state index >= 15 is 0 Å². The highest BCUT2D eigenvalue weighted by Gasteiger charge is 2.29. The van der Waals surface area contributed by atoms with Crippen LogP contribution in [-0.4, -0.2) is 11.2 Å². The Bertz CT molecular complexity index is 549. The molecule has 0 unspecified atom stereocenters. The molecule has 0 aliphatic carbocycles.